The van der Waals surface area contributed by atoms with E-state index in [2.05, 4.69) is 15.1 Å². The number of hydrogen-bond acceptors (Lipinski definition) is 9. The Balaban J connectivity index is 1.52. The fourth-order valence-electron chi connectivity index (χ4n) is 3.54. The van der Waals surface area contributed by atoms with E-state index in [1.165, 1.54) is 12.1 Å². The van der Waals surface area contributed by atoms with Crippen molar-refractivity contribution < 1.29 is 17.9 Å². The molecule has 1 fully saturated rings. The molecule has 0 spiro atoms. The maximum absolute atomic E-state index is 12.2. The Labute approximate surface area is 172 Å². The summed E-state index contributed by atoms with van der Waals surface area (Å²) in [6, 6.07) is 9.41. The number of pyridine rings is 1. The van der Waals surface area contributed by atoms with Crippen LogP contribution in [-0.2, 0) is 9.84 Å². The van der Waals surface area contributed by atoms with Crippen LogP contribution in [0, 0.1) is 10.1 Å². The van der Waals surface area contributed by atoms with Gasteiger partial charge >= 0.3 is 0 Å². The number of rotatable bonds is 5. The normalized spacial score (nSPS) is 15.3. The Morgan fingerprint density at radius 1 is 1.20 bits per heavy atom. The predicted molar refractivity (Wildman–Crippen MR) is 108 cm³/mol. The third-order valence-corrected chi connectivity index (χ3v) is 6.20. The second kappa shape index (κ2) is 7.82. The number of non-ortho nitro benzene ring substituents is 1. The minimum Gasteiger partial charge on any atom is -0.370 e. The van der Waals surface area contributed by atoms with Crippen molar-refractivity contribution in [2.45, 2.75) is 23.7 Å². The lowest BCUT2D eigenvalue weighted by atomic mass is 9.96. The van der Waals surface area contributed by atoms with E-state index in [-0.39, 0.29) is 16.5 Å². The van der Waals surface area contributed by atoms with Crippen molar-refractivity contribution in [2.75, 3.05) is 24.2 Å². The molecule has 0 N–H and O–H groups in total. The summed E-state index contributed by atoms with van der Waals surface area (Å²) >= 11 is 0. The summed E-state index contributed by atoms with van der Waals surface area (Å²) in [6.07, 6.45) is 4.08. The summed E-state index contributed by atoms with van der Waals surface area (Å²) in [7, 11) is -3.63. The Kier molecular flexibility index (Phi) is 5.20. The molecule has 2 aromatic heterocycles. The van der Waals surface area contributed by atoms with Gasteiger partial charge in [0.25, 0.3) is 5.69 Å². The molecular formula is C19H19N5O5S. The van der Waals surface area contributed by atoms with E-state index in [0.29, 0.717) is 49.0 Å². The lowest BCUT2D eigenvalue weighted by Gasteiger charge is -2.33. The van der Waals surface area contributed by atoms with Crippen molar-refractivity contribution >= 4 is 21.2 Å². The fraction of sp³-hybridized carbons (Fsp3) is 0.316. The van der Waals surface area contributed by atoms with E-state index in [1.807, 2.05) is 17.0 Å². The van der Waals surface area contributed by atoms with Crippen molar-refractivity contribution in [3.8, 4) is 11.5 Å². The van der Waals surface area contributed by atoms with Crippen LogP contribution < -0.4 is 4.90 Å². The van der Waals surface area contributed by atoms with E-state index < -0.39 is 14.8 Å². The molecule has 3 heterocycles. The molecule has 1 aliphatic rings. The summed E-state index contributed by atoms with van der Waals surface area (Å²) < 4.78 is 29.8. The van der Waals surface area contributed by atoms with E-state index in [1.54, 1.807) is 12.3 Å². The van der Waals surface area contributed by atoms with E-state index in [9.17, 15) is 18.5 Å². The molecule has 1 saturated heterocycles. The molecule has 156 valence electrons. The second-order valence-electron chi connectivity index (χ2n) is 7.11. The van der Waals surface area contributed by atoms with Gasteiger partial charge in [-0.25, -0.2) is 8.42 Å². The Morgan fingerprint density at radius 2 is 1.97 bits per heavy atom. The first-order chi connectivity index (χ1) is 14.3. The molecule has 0 saturated carbocycles. The predicted octanol–water partition coefficient (Wildman–Crippen LogP) is 2.83. The standard InChI is InChI=1S/C19H19N5O5S/c1-30(27,28)17-12-14(24(25)26)5-6-16(17)23-10-7-13(8-11-23)19-21-18(22-29-19)15-4-2-3-9-20-15/h2-6,9,12-13H,7-8,10-11H2,1H3. The number of nitro benzene ring substituents is 1. The van der Waals surface area contributed by atoms with Crippen LogP contribution in [0.4, 0.5) is 11.4 Å². The van der Waals surface area contributed by atoms with Gasteiger partial charge < -0.3 is 9.42 Å². The van der Waals surface area contributed by atoms with E-state index in [4.69, 9.17) is 4.52 Å². The van der Waals surface area contributed by atoms with Crippen LogP contribution in [0.15, 0.2) is 52.0 Å². The number of nitrogens with zero attached hydrogens (tertiary/aromatic N) is 5. The summed E-state index contributed by atoms with van der Waals surface area (Å²) in [5.41, 5.74) is 0.858. The number of sulfone groups is 1. The van der Waals surface area contributed by atoms with Crippen LogP contribution in [0.25, 0.3) is 11.5 Å². The zero-order valence-electron chi connectivity index (χ0n) is 16.1. The maximum atomic E-state index is 12.2. The van der Waals surface area contributed by atoms with Crippen LogP contribution in [0.3, 0.4) is 0 Å². The first-order valence-corrected chi connectivity index (χ1v) is 11.2. The first-order valence-electron chi connectivity index (χ1n) is 9.31. The average molecular weight is 429 g/mol. The number of piperidine rings is 1. The van der Waals surface area contributed by atoms with Gasteiger partial charge in [-0.3, -0.25) is 15.1 Å². The molecule has 0 aliphatic carbocycles. The highest BCUT2D eigenvalue weighted by Gasteiger charge is 2.29. The SMILES string of the molecule is CS(=O)(=O)c1cc([N+](=O)[O-])ccc1N1CCC(c2nc(-c3ccccn3)no2)CC1. The molecule has 30 heavy (non-hydrogen) atoms. The fourth-order valence-corrected chi connectivity index (χ4v) is 4.45. The topological polar surface area (TPSA) is 132 Å². The van der Waals surface area contributed by atoms with Gasteiger partial charge in [-0.2, -0.15) is 4.98 Å². The van der Waals surface area contributed by atoms with Gasteiger partial charge in [-0.15, -0.1) is 0 Å². The summed E-state index contributed by atoms with van der Waals surface area (Å²) in [4.78, 5) is 21.0. The van der Waals surface area contributed by atoms with Gasteiger partial charge in [0.2, 0.25) is 11.7 Å². The van der Waals surface area contributed by atoms with Crippen molar-refractivity contribution in [3.63, 3.8) is 0 Å². The zero-order chi connectivity index (χ0) is 21.3. The molecule has 0 bridgehead atoms. The second-order valence-corrected chi connectivity index (χ2v) is 9.10. The molecule has 10 nitrogen and oxygen atoms in total. The monoisotopic (exact) mass is 429 g/mol. The lowest BCUT2D eigenvalue weighted by molar-refractivity contribution is -0.385. The average Bonchev–Trinajstić information content (AvgIpc) is 3.24. The van der Waals surface area contributed by atoms with Gasteiger partial charge in [0.1, 0.15) is 5.69 Å². The summed E-state index contributed by atoms with van der Waals surface area (Å²) in [6.45, 7) is 1.12. The molecule has 0 amide bonds. The minimum atomic E-state index is -3.63. The molecule has 1 aromatic carbocycles. The number of hydrogen-bond donors (Lipinski definition) is 0. The maximum Gasteiger partial charge on any atom is 0.270 e. The van der Waals surface area contributed by atoms with Crippen molar-refractivity contribution in [1.29, 1.82) is 0 Å². The van der Waals surface area contributed by atoms with Crippen LogP contribution in [0.2, 0.25) is 0 Å². The van der Waals surface area contributed by atoms with Crippen LogP contribution in [-0.4, -0.2) is 47.8 Å². The van der Waals surface area contributed by atoms with Gasteiger partial charge in [0.15, 0.2) is 9.84 Å². The minimum absolute atomic E-state index is 0.0367. The Bertz CT molecular complexity index is 1170. The Hall–Kier alpha value is -3.34. The number of benzene rings is 1. The largest absolute Gasteiger partial charge is 0.370 e. The molecule has 0 unspecified atom stereocenters. The number of aromatic nitrogens is 3. The van der Waals surface area contributed by atoms with Gasteiger partial charge in [0, 0.05) is 43.6 Å². The van der Waals surface area contributed by atoms with E-state index >= 15 is 0 Å². The molecule has 0 atom stereocenters. The van der Waals surface area contributed by atoms with Gasteiger partial charge in [-0.1, -0.05) is 11.2 Å². The van der Waals surface area contributed by atoms with Crippen molar-refractivity contribution in [2.24, 2.45) is 0 Å². The molecule has 0 radical (unpaired) electrons. The first kappa shape index (κ1) is 20.0. The molecule has 4 rings (SSSR count). The van der Waals surface area contributed by atoms with Gasteiger partial charge in [0.05, 0.1) is 15.5 Å². The molecule has 11 heteroatoms. The molecular weight excluding hydrogens is 410 g/mol. The molecule has 3 aromatic rings. The quantitative estimate of drug-likeness (QED) is 0.443. The van der Waals surface area contributed by atoms with Crippen LogP contribution in [0.5, 0.6) is 0 Å². The highest BCUT2D eigenvalue weighted by Crippen LogP contribution is 2.35. The molecule has 1 aliphatic heterocycles. The summed E-state index contributed by atoms with van der Waals surface area (Å²) in [5, 5.41) is 15.0. The highest BCUT2D eigenvalue weighted by atomic mass is 32.2. The number of nitro groups is 1. The van der Waals surface area contributed by atoms with Crippen molar-refractivity contribution in [3.05, 3.63) is 58.6 Å². The van der Waals surface area contributed by atoms with Crippen LogP contribution >= 0.6 is 0 Å². The van der Waals surface area contributed by atoms with Crippen molar-refractivity contribution in [1.82, 2.24) is 15.1 Å². The number of anilines is 1. The Morgan fingerprint density at radius 3 is 2.60 bits per heavy atom. The van der Waals surface area contributed by atoms with Crippen LogP contribution in [0.1, 0.15) is 24.7 Å². The van der Waals surface area contributed by atoms with Gasteiger partial charge in [-0.05, 0) is 31.0 Å². The lowest BCUT2D eigenvalue weighted by Crippen LogP contribution is -2.34. The third-order valence-electron chi connectivity index (χ3n) is 5.07. The summed E-state index contributed by atoms with van der Waals surface area (Å²) in [5.74, 6) is 1.01. The zero-order valence-corrected chi connectivity index (χ0v) is 16.9. The highest BCUT2D eigenvalue weighted by molar-refractivity contribution is 7.90. The smallest absolute Gasteiger partial charge is 0.270 e. The van der Waals surface area contributed by atoms with E-state index in [0.717, 1.165) is 12.3 Å². The third kappa shape index (κ3) is 4.01.